The van der Waals surface area contributed by atoms with E-state index in [0.717, 1.165) is 24.4 Å². The molecule has 27 heavy (non-hydrogen) atoms. The molecular weight excluding hydrogens is 365 g/mol. The van der Waals surface area contributed by atoms with E-state index in [2.05, 4.69) is 10.2 Å². The molecule has 1 aliphatic carbocycles. The van der Waals surface area contributed by atoms with Crippen molar-refractivity contribution >= 4 is 17.5 Å². The predicted octanol–water partition coefficient (Wildman–Crippen LogP) is 4.27. The van der Waals surface area contributed by atoms with Gasteiger partial charge in [0.1, 0.15) is 5.82 Å². The molecule has 1 fully saturated rings. The molecule has 0 bridgehead atoms. The molecule has 5 nitrogen and oxygen atoms in total. The molecular formula is C20H18FN3O2S. The van der Waals surface area contributed by atoms with Crippen LogP contribution in [0.4, 0.5) is 4.39 Å². The van der Waals surface area contributed by atoms with E-state index in [0.29, 0.717) is 16.6 Å². The van der Waals surface area contributed by atoms with E-state index in [-0.39, 0.29) is 17.3 Å². The van der Waals surface area contributed by atoms with Gasteiger partial charge in [-0.3, -0.25) is 9.36 Å². The Morgan fingerprint density at radius 1 is 1.22 bits per heavy atom. The van der Waals surface area contributed by atoms with Gasteiger partial charge >= 0.3 is 0 Å². The first-order valence-electron chi connectivity index (χ1n) is 8.67. The Labute approximate surface area is 160 Å². The summed E-state index contributed by atoms with van der Waals surface area (Å²) in [7, 11) is 1.39. The molecule has 2 aromatic carbocycles. The summed E-state index contributed by atoms with van der Waals surface area (Å²) in [5.74, 6) is 0.928. The first kappa shape index (κ1) is 17.7. The van der Waals surface area contributed by atoms with Crippen molar-refractivity contribution in [3.63, 3.8) is 0 Å². The van der Waals surface area contributed by atoms with E-state index in [1.165, 1.54) is 31.0 Å². The van der Waals surface area contributed by atoms with Gasteiger partial charge in [-0.15, -0.1) is 10.2 Å². The summed E-state index contributed by atoms with van der Waals surface area (Å²) in [6, 6.07) is 14.1. The van der Waals surface area contributed by atoms with E-state index in [1.807, 2.05) is 34.9 Å². The van der Waals surface area contributed by atoms with Crippen LogP contribution in [0.5, 0.6) is 5.75 Å². The summed E-state index contributed by atoms with van der Waals surface area (Å²) in [5.41, 5.74) is 1.30. The predicted molar refractivity (Wildman–Crippen MR) is 101 cm³/mol. The van der Waals surface area contributed by atoms with Gasteiger partial charge in [-0.1, -0.05) is 30.0 Å². The molecule has 1 heterocycles. The molecule has 0 radical (unpaired) electrons. The van der Waals surface area contributed by atoms with E-state index in [1.54, 1.807) is 6.07 Å². The van der Waals surface area contributed by atoms with Crippen LogP contribution < -0.4 is 4.74 Å². The van der Waals surface area contributed by atoms with Crippen LogP contribution in [-0.4, -0.2) is 33.4 Å². The maximum atomic E-state index is 13.8. The van der Waals surface area contributed by atoms with Gasteiger partial charge in [0.2, 0.25) is 0 Å². The first-order chi connectivity index (χ1) is 13.2. The highest BCUT2D eigenvalue weighted by molar-refractivity contribution is 7.99. The molecule has 0 atom stereocenters. The summed E-state index contributed by atoms with van der Waals surface area (Å²) in [4.78, 5) is 12.5. The lowest BCUT2D eigenvalue weighted by atomic mass is 10.1. The number of benzene rings is 2. The molecule has 0 saturated heterocycles. The Kier molecular flexibility index (Phi) is 4.94. The lowest BCUT2D eigenvalue weighted by Gasteiger charge is -2.09. The third-order valence-corrected chi connectivity index (χ3v) is 5.35. The summed E-state index contributed by atoms with van der Waals surface area (Å²) >= 11 is 1.31. The number of hydrogen-bond donors (Lipinski definition) is 0. The van der Waals surface area contributed by atoms with Crippen LogP contribution in [0.15, 0.2) is 53.7 Å². The smallest absolute Gasteiger partial charge is 0.196 e. The van der Waals surface area contributed by atoms with Gasteiger partial charge in [-0.25, -0.2) is 4.39 Å². The minimum Gasteiger partial charge on any atom is -0.494 e. The van der Waals surface area contributed by atoms with Crippen molar-refractivity contribution < 1.29 is 13.9 Å². The van der Waals surface area contributed by atoms with Crippen molar-refractivity contribution in [2.24, 2.45) is 0 Å². The molecule has 7 heteroatoms. The van der Waals surface area contributed by atoms with Crippen LogP contribution in [0.2, 0.25) is 0 Å². The van der Waals surface area contributed by atoms with Crippen molar-refractivity contribution in [1.29, 1.82) is 0 Å². The molecule has 0 unspecified atom stereocenters. The van der Waals surface area contributed by atoms with Crippen LogP contribution in [-0.2, 0) is 0 Å². The summed E-state index contributed by atoms with van der Waals surface area (Å²) in [6.07, 6.45) is 2.22. The second-order valence-corrected chi connectivity index (χ2v) is 7.29. The van der Waals surface area contributed by atoms with Crippen molar-refractivity contribution in [2.45, 2.75) is 23.9 Å². The minimum atomic E-state index is -0.545. The average molecular weight is 383 g/mol. The lowest BCUT2D eigenvalue weighted by molar-refractivity contribution is 0.102. The highest BCUT2D eigenvalue weighted by Gasteiger charge is 2.31. The second kappa shape index (κ2) is 7.52. The summed E-state index contributed by atoms with van der Waals surface area (Å²) in [5, 5.41) is 9.31. The van der Waals surface area contributed by atoms with Gasteiger partial charge in [-0.2, -0.15) is 0 Å². The molecule has 138 valence electrons. The maximum Gasteiger partial charge on any atom is 0.196 e. The molecule has 1 saturated carbocycles. The van der Waals surface area contributed by atoms with Gasteiger partial charge in [0.15, 0.2) is 22.5 Å². The third kappa shape index (κ3) is 3.73. The number of halogens is 1. The normalized spacial score (nSPS) is 13.6. The minimum absolute atomic E-state index is 0.122. The van der Waals surface area contributed by atoms with Crippen LogP contribution in [0.1, 0.15) is 34.9 Å². The Bertz CT molecular complexity index is 971. The van der Waals surface area contributed by atoms with E-state index >= 15 is 0 Å². The Balaban J connectivity index is 1.55. The summed E-state index contributed by atoms with van der Waals surface area (Å²) in [6.45, 7) is 0. The van der Waals surface area contributed by atoms with Gasteiger partial charge in [0.05, 0.1) is 12.9 Å². The zero-order valence-electron chi connectivity index (χ0n) is 14.8. The monoisotopic (exact) mass is 383 g/mol. The molecule has 0 spiro atoms. The molecule has 3 aromatic rings. The fourth-order valence-corrected chi connectivity index (χ4v) is 3.71. The number of Topliss-reactive ketones (excluding diaryl/α,β-unsaturated/α-hetero) is 1. The van der Waals surface area contributed by atoms with E-state index in [9.17, 15) is 9.18 Å². The third-order valence-electron chi connectivity index (χ3n) is 4.42. The number of aromatic nitrogens is 3. The lowest BCUT2D eigenvalue weighted by Crippen LogP contribution is -2.06. The number of carbonyl (C=O) groups is 1. The summed E-state index contributed by atoms with van der Waals surface area (Å²) < 4.78 is 20.8. The largest absolute Gasteiger partial charge is 0.494 e. The number of carbonyl (C=O) groups excluding carboxylic acids is 1. The SMILES string of the molecule is COc1ccc(C(=O)CSc2nnc(C3CC3)n2-c2ccccc2)cc1F. The number of hydrogen-bond acceptors (Lipinski definition) is 5. The standard InChI is InChI=1S/C20H18FN3O2S/c1-26-18-10-9-14(11-16(18)21)17(25)12-27-20-23-22-19(13-7-8-13)24(20)15-5-3-2-4-6-15/h2-6,9-11,13H,7-8,12H2,1H3. The molecule has 4 rings (SSSR count). The molecule has 0 N–H and O–H groups in total. The number of ether oxygens (including phenoxy) is 1. The molecule has 0 amide bonds. The molecule has 0 aliphatic heterocycles. The van der Waals surface area contributed by atoms with Crippen LogP contribution >= 0.6 is 11.8 Å². The van der Waals surface area contributed by atoms with Gasteiger partial charge in [0.25, 0.3) is 0 Å². The van der Waals surface area contributed by atoms with Crippen molar-refractivity contribution in [1.82, 2.24) is 14.8 Å². The number of methoxy groups -OCH3 is 1. The number of rotatable bonds is 7. The fraction of sp³-hybridized carbons (Fsp3) is 0.250. The highest BCUT2D eigenvalue weighted by atomic mass is 32.2. The fourth-order valence-electron chi connectivity index (χ4n) is 2.85. The van der Waals surface area contributed by atoms with Crippen molar-refractivity contribution in [2.75, 3.05) is 12.9 Å². The molecule has 1 aromatic heterocycles. The van der Waals surface area contributed by atoms with Crippen molar-refractivity contribution in [3.05, 3.63) is 65.7 Å². The molecule has 1 aliphatic rings. The van der Waals surface area contributed by atoms with Gasteiger partial charge < -0.3 is 4.74 Å². The quantitative estimate of drug-likeness (QED) is 0.451. The van der Waals surface area contributed by atoms with Crippen LogP contribution in [0.25, 0.3) is 5.69 Å². The number of nitrogens with zero attached hydrogens (tertiary/aromatic N) is 3. The average Bonchev–Trinajstić information content (AvgIpc) is 3.46. The van der Waals surface area contributed by atoms with E-state index in [4.69, 9.17) is 4.74 Å². The number of ketones is 1. The maximum absolute atomic E-state index is 13.8. The highest BCUT2D eigenvalue weighted by Crippen LogP contribution is 2.41. The van der Waals surface area contributed by atoms with Crippen LogP contribution in [0.3, 0.4) is 0 Å². The van der Waals surface area contributed by atoms with Crippen LogP contribution in [0, 0.1) is 5.82 Å². The second-order valence-electron chi connectivity index (χ2n) is 6.35. The Morgan fingerprint density at radius 3 is 2.67 bits per heavy atom. The van der Waals surface area contributed by atoms with Crippen molar-refractivity contribution in [3.8, 4) is 11.4 Å². The van der Waals surface area contributed by atoms with Gasteiger partial charge in [0, 0.05) is 17.2 Å². The zero-order valence-corrected chi connectivity index (χ0v) is 15.6. The number of para-hydroxylation sites is 1. The van der Waals surface area contributed by atoms with E-state index < -0.39 is 5.82 Å². The van der Waals surface area contributed by atoms with Gasteiger partial charge in [-0.05, 0) is 43.2 Å². The first-order valence-corrected chi connectivity index (χ1v) is 9.66. The number of thioether (sulfide) groups is 1. The topological polar surface area (TPSA) is 57.0 Å². The zero-order chi connectivity index (χ0) is 18.8. The Hall–Kier alpha value is -2.67. The Morgan fingerprint density at radius 2 is 2.00 bits per heavy atom.